The summed E-state index contributed by atoms with van der Waals surface area (Å²) in [5, 5.41) is 11.4. The van der Waals surface area contributed by atoms with E-state index in [1.54, 1.807) is 43.5 Å². The lowest BCUT2D eigenvalue weighted by atomic mass is 9.84. The number of hydrogen-bond donors (Lipinski definition) is 1. The van der Waals surface area contributed by atoms with Crippen molar-refractivity contribution < 1.29 is 23.8 Å². The standard InChI is InChI=1S/C28H35FN2O4/c1-7-30(8-2)15-16-31-24(19-11-9-10-12-21(19)29)23(26(33)27(31)34)25(32)18-13-14-22(35-6)20(17-18)28(3,4)5/h9-14,17,24,32H,7-8,15-16H2,1-6H3/b25-23+. The molecule has 1 saturated heterocycles. The molecule has 1 unspecified atom stereocenters. The molecule has 7 heteroatoms. The monoisotopic (exact) mass is 482 g/mol. The van der Waals surface area contributed by atoms with Crippen LogP contribution in [-0.2, 0) is 15.0 Å². The third-order valence-corrected chi connectivity index (χ3v) is 6.57. The average Bonchev–Trinajstić information content (AvgIpc) is 3.08. The number of aliphatic hydroxyl groups is 1. The highest BCUT2D eigenvalue weighted by atomic mass is 19.1. The first kappa shape index (κ1) is 26.4. The van der Waals surface area contributed by atoms with Gasteiger partial charge >= 0.3 is 0 Å². The van der Waals surface area contributed by atoms with E-state index in [0.29, 0.717) is 17.9 Å². The Morgan fingerprint density at radius 2 is 1.77 bits per heavy atom. The molecule has 3 rings (SSSR count). The Kier molecular flexibility index (Phi) is 8.00. The van der Waals surface area contributed by atoms with Gasteiger partial charge in [-0.2, -0.15) is 0 Å². The van der Waals surface area contributed by atoms with Crippen LogP contribution in [0.1, 0.15) is 57.4 Å². The van der Waals surface area contributed by atoms with Gasteiger partial charge in [0.25, 0.3) is 11.7 Å². The molecule has 0 bridgehead atoms. The van der Waals surface area contributed by atoms with Crippen LogP contribution >= 0.6 is 0 Å². The summed E-state index contributed by atoms with van der Waals surface area (Å²) < 4.78 is 20.5. The van der Waals surface area contributed by atoms with E-state index in [2.05, 4.69) is 4.90 Å². The number of likely N-dealkylation sites (N-methyl/N-ethyl adjacent to an activating group) is 1. The van der Waals surface area contributed by atoms with Gasteiger partial charge in [0, 0.05) is 29.8 Å². The van der Waals surface area contributed by atoms with Crippen LogP contribution in [0.4, 0.5) is 4.39 Å². The lowest BCUT2D eigenvalue weighted by Crippen LogP contribution is -2.38. The molecule has 1 heterocycles. The molecule has 0 spiro atoms. The largest absolute Gasteiger partial charge is 0.507 e. The van der Waals surface area contributed by atoms with Crippen molar-refractivity contribution in [2.75, 3.05) is 33.3 Å². The van der Waals surface area contributed by atoms with E-state index in [-0.39, 0.29) is 28.9 Å². The molecule has 2 aromatic carbocycles. The predicted molar refractivity (Wildman–Crippen MR) is 135 cm³/mol. The number of halogens is 1. The lowest BCUT2D eigenvalue weighted by Gasteiger charge is -2.28. The fourth-order valence-electron chi connectivity index (χ4n) is 4.52. The van der Waals surface area contributed by atoms with Crippen LogP contribution in [0.5, 0.6) is 5.75 Å². The number of ketones is 1. The number of amides is 1. The number of rotatable bonds is 8. The van der Waals surface area contributed by atoms with E-state index in [4.69, 9.17) is 4.74 Å². The highest BCUT2D eigenvalue weighted by Crippen LogP contribution is 2.41. The van der Waals surface area contributed by atoms with Crippen LogP contribution in [0.2, 0.25) is 0 Å². The second kappa shape index (κ2) is 10.6. The number of ether oxygens (including phenoxy) is 1. The first-order valence-electron chi connectivity index (χ1n) is 12.0. The van der Waals surface area contributed by atoms with Crippen LogP contribution in [0.15, 0.2) is 48.0 Å². The molecule has 1 N–H and O–H groups in total. The Morgan fingerprint density at radius 3 is 2.34 bits per heavy atom. The summed E-state index contributed by atoms with van der Waals surface area (Å²) in [6.07, 6.45) is 0. The maximum Gasteiger partial charge on any atom is 0.295 e. The van der Waals surface area contributed by atoms with E-state index < -0.39 is 23.5 Å². The topological polar surface area (TPSA) is 70.1 Å². The molecule has 188 valence electrons. The first-order chi connectivity index (χ1) is 16.5. The molecule has 6 nitrogen and oxygen atoms in total. The first-order valence-corrected chi connectivity index (χ1v) is 12.0. The Balaban J connectivity index is 2.19. The summed E-state index contributed by atoms with van der Waals surface area (Å²) in [5.41, 5.74) is 0.978. The lowest BCUT2D eigenvalue weighted by molar-refractivity contribution is -0.140. The fourth-order valence-corrected chi connectivity index (χ4v) is 4.52. The minimum Gasteiger partial charge on any atom is -0.507 e. The van der Waals surface area contributed by atoms with Crippen LogP contribution in [0.3, 0.4) is 0 Å². The van der Waals surface area contributed by atoms with Crippen LogP contribution < -0.4 is 4.74 Å². The maximum atomic E-state index is 15.0. The summed E-state index contributed by atoms with van der Waals surface area (Å²) in [6, 6.07) is 10.2. The number of likely N-dealkylation sites (tertiary alicyclic amines) is 1. The number of aliphatic hydroxyl groups excluding tert-OH is 1. The Bertz CT molecular complexity index is 1130. The van der Waals surface area contributed by atoms with E-state index >= 15 is 0 Å². The molecule has 1 fully saturated rings. The second-order valence-electron chi connectivity index (χ2n) is 9.71. The van der Waals surface area contributed by atoms with Crippen molar-refractivity contribution in [1.29, 1.82) is 0 Å². The fraction of sp³-hybridized carbons (Fsp3) is 0.429. The average molecular weight is 483 g/mol. The van der Waals surface area contributed by atoms with Gasteiger partial charge in [-0.05, 0) is 42.8 Å². The van der Waals surface area contributed by atoms with Crippen molar-refractivity contribution in [2.45, 2.75) is 46.1 Å². The maximum absolute atomic E-state index is 15.0. The molecule has 2 aromatic rings. The number of methoxy groups -OCH3 is 1. The number of Topliss-reactive ketones (excluding diaryl/α,β-unsaturated/α-hetero) is 1. The molecule has 0 aromatic heterocycles. The van der Waals surface area contributed by atoms with Gasteiger partial charge in [-0.25, -0.2) is 4.39 Å². The highest BCUT2D eigenvalue weighted by Gasteiger charge is 2.47. The minimum atomic E-state index is -1.02. The number of nitrogens with zero attached hydrogens (tertiary/aromatic N) is 2. The molecule has 0 aliphatic carbocycles. The van der Waals surface area contributed by atoms with Crippen molar-refractivity contribution in [3.63, 3.8) is 0 Å². The number of carbonyl (C=O) groups excluding carboxylic acids is 2. The molecule has 0 radical (unpaired) electrons. The molecule has 1 aliphatic heterocycles. The minimum absolute atomic E-state index is 0.107. The van der Waals surface area contributed by atoms with Crippen LogP contribution in [-0.4, -0.2) is 59.9 Å². The van der Waals surface area contributed by atoms with Crippen molar-refractivity contribution >= 4 is 17.4 Å². The van der Waals surface area contributed by atoms with E-state index in [1.807, 2.05) is 34.6 Å². The molecule has 1 amide bonds. The molecular weight excluding hydrogens is 447 g/mol. The van der Waals surface area contributed by atoms with Crippen molar-refractivity contribution in [1.82, 2.24) is 9.80 Å². The Hall–Kier alpha value is -3.19. The number of carbonyl (C=O) groups is 2. The van der Waals surface area contributed by atoms with Gasteiger partial charge in [0.1, 0.15) is 17.3 Å². The third kappa shape index (κ3) is 5.25. The normalized spacial score (nSPS) is 17.9. The number of benzene rings is 2. The van der Waals surface area contributed by atoms with Crippen molar-refractivity contribution in [3.8, 4) is 5.75 Å². The quantitative estimate of drug-likeness (QED) is 0.329. The van der Waals surface area contributed by atoms with E-state index in [0.717, 1.165) is 18.7 Å². The van der Waals surface area contributed by atoms with Crippen molar-refractivity contribution in [2.24, 2.45) is 0 Å². The number of hydrogen-bond acceptors (Lipinski definition) is 5. The second-order valence-corrected chi connectivity index (χ2v) is 9.71. The van der Waals surface area contributed by atoms with Gasteiger partial charge in [-0.1, -0.05) is 52.8 Å². The Morgan fingerprint density at radius 1 is 1.11 bits per heavy atom. The van der Waals surface area contributed by atoms with Crippen LogP contribution in [0.25, 0.3) is 5.76 Å². The third-order valence-electron chi connectivity index (χ3n) is 6.57. The predicted octanol–water partition coefficient (Wildman–Crippen LogP) is 4.90. The summed E-state index contributed by atoms with van der Waals surface area (Å²) >= 11 is 0. The SMILES string of the molecule is CCN(CC)CCN1C(=O)C(=O)/C(=C(/O)c2ccc(OC)c(C(C)(C)C)c2)C1c1ccccc1F. The summed E-state index contributed by atoms with van der Waals surface area (Å²) in [6.45, 7) is 12.4. The summed E-state index contributed by atoms with van der Waals surface area (Å²) in [7, 11) is 1.57. The molecule has 1 aliphatic rings. The van der Waals surface area contributed by atoms with E-state index in [1.165, 1.54) is 11.0 Å². The summed E-state index contributed by atoms with van der Waals surface area (Å²) in [4.78, 5) is 29.9. The zero-order chi connectivity index (χ0) is 25.9. The Labute approximate surface area is 207 Å². The molecular formula is C28H35FN2O4. The van der Waals surface area contributed by atoms with Gasteiger partial charge in [0.15, 0.2) is 0 Å². The molecule has 0 saturated carbocycles. The van der Waals surface area contributed by atoms with Gasteiger partial charge in [0.2, 0.25) is 0 Å². The summed E-state index contributed by atoms with van der Waals surface area (Å²) in [5.74, 6) is -1.77. The molecule has 35 heavy (non-hydrogen) atoms. The van der Waals surface area contributed by atoms with Gasteiger partial charge in [-0.15, -0.1) is 0 Å². The smallest absolute Gasteiger partial charge is 0.295 e. The van der Waals surface area contributed by atoms with Gasteiger partial charge < -0.3 is 19.6 Å². The van der Waals surface area contributed by atoms with Gasteiger partial charge in [-0.3, -0.25) is 9.59 Å². The highest BCUT2D eigenvalue weighted by molar-refractivity contribution is 6.46. The molecule has 1 atom stereocenters. The van der Waals surface area contributed by atoms with Crippen molar-refractivity contribution in [3.05, 3.63) is 70.5 Å². The van der Waals surface area contributed by atoms with E-state index in [9.17, 15) is 19.1 Å². The zero-order valence-corrected chi connectivity index (χ0v) is 21.4. The van der Waals surface area contributed by atoms with Crippen LogP contribution in [0, 0.1) is 5.82 Å². The van der Waals surface area contributed by atoms with Gasteiger partial charge in [0.05, 0.1) is 18.7 Å². The zero-order valence-electron chi connectivity index (χ0n) is 21.4.